The molecule has 3 N–H and O–H groups in total. The lowest BCUT2D eigenvalue weighted by molar-refractivity contribution is 0.579. The van der Waals surface area contributed by atoms with E-state index in [4.69, 9.17) is 0 Å². The summed E-state index contributed by atoms with van der Waals surface area (Å²) in [6.07, 6.45) is 1.33. The molecular weight excluding hydrogens is 278 g/mol. The number of nitrogens with zero attached hydrogens (tertiary/aromatic N) is 2. The topological polar surface area (TPSA) is 99.8 Å². The minimum Gasteiger partial charge on any atom is -0.313 e. The van der Waals surface area contributed by atoms with Gasteiger partial charge in [0.25, 0.3) is 0 Å². The van der Waals surface area contributed by atoms with Crippen molar-refractivity contribution in [3.63, 3.8) is 0 Å². The first-order valence-corrected chi connectivity index (χ1v) is 7.62. The van der Waals surface area contributed by atoms with Crippen LogP contribution in [0.25, 0.3) is 0 Å². The third-order valence-corrected chi connectivity index (χ3v) is 4.44. The van der Waals surface area contributed by atoms with Crippen molar-refractivity contribution < 1.29 is 8.42 Å². The first kappa shape index (κ1) is 14.6. The maximum atomic E-state index is 12.1. The second kappa shape index (κ2) is 6.12. The molecule has 2 aromatic rings. The van der Waals surface area contributed by atoms with Crippen molar-refractivity contribution in [3.8, 4) is 0 Å². The molecule has 1 unspecified atom stereocenters. The third kappa shape index (κ3) is 3.41. The molecule has 0 radical (unpaired) electrons. The Bertz CT molecular complexity index is 637. The maximum absolute atomic E-state index is 12.1. The zero-order chi connectivity index (χ0) is 14.6. The Labute approximate surface area is 117 Å². The molecule has 0 amide bonds. The van der Waals surface area contributed by atoms with E-state index in [9.17, 15) is 8.42 Å². The average molecular weight is 295 g/mol. The molecule has 2 rings (SSSR count). The van der Waals surface area contributed by atoms with Gasteiger partial charge in [-0.05, 0) is 31.7 Å². The summed E-state index contributed by atoms with van der Waals surface area (Å²) in [4.78, 5) is 4.09. The van der Waals surface area contributed by atoms with Crippen molar-refractivity contribution in [1.29, 1.82) is 0 Å². The van der Waals surface area contributed by atoms with Gasteiger partial charge in [-0.25, -0.2) is 18.1 Å². The largest absolute Gasteiger partial charge is 0.313 e. The Morgan fingerprint density at radius 1 is 1.30 bits per heavy atom. The Morgan fingerprint density at radius 2 is 2.00 bits per heavy atom. The van der Waals surface area contributed by atoms with Gasteiger partial charge in [-0.2, -0.15) is 5.10 Å². The van der Waals surface area contributed by atoms with E-state index in [1.165, 1.54) is 6.33 Å². The molecule has 0 aliphatic heterocycles. The number of hydrogen-bond donors (Lipinski definition) is 3. The number of rotatable bonds is 6. The molecule has 0 fully saturated rings. The molecule has 0 aliphatic rings. The summed E-state index contributed by atoms with van der Waals surface area (Å²) >= 11 is 0. The van der Waals surface area contributed by atoms with Crippen molar-refractivity contribution in [2.45, 2.75) is 24.4 Å². The van der Waals surface area contributed by atoms with Gasteiger partial charge in [-0.3, -0.25) is 5.10 Å². The third-order valence-electron chi connectivity index (χ3n) is 3.02. The Kier molecular flexibility index (Phi) is 4.48. The highest BCUT2D eigenvalue weighted by molar-refractivity contribution is 7.89. The van der Waals surface area contributed by atoms with E-state index in [1.807, 2.05) is 14.0 Å². The van der Waals surface area contributed by atoms with E-state index < -0.39 is 10.0 Å². The molecule has 1 heterocycles. The quantitative estimate of drug-likeness (QED) is 0.723. The molecule has 8 heteroatoms. The van der Waals surface area contributed by atoms with Crippen LogP contribution in [0.1, 0.15) is 24.4 Å². The van der Waals surface area contributed by atoms with Gasteiger partial charge < -0.3 is 5.32 Å². The molecule has 108 valence electrons. The van der Waals surface area contributed by atoms with Crippen LogP contribution in [0.2, 0.25) is 0 Å². The van der Waals surface area contributed by atoms with Crippen LogP contribution < -0.4 is 10.0 Å². The van der Waals surface area contributed by atoms with Gasteiger partial charge in [-0.15, -0.1) is 0 Å². The number of sulfonamides is 1. The summed E-state index contributed by atoms with van der Waals surface area (Å²) in [6, 6.07) is 6.94. The molecular formula is C12H17N5O2S. The highest BCUT2D eigenvalue weighted by Crippen LogP contribution is 2.15. The van der Waals surface area contributed by atoms with Gasteiger partial charge in [0.15, 0.2) is 0 Å². The Balaban J connectivity index is 2.09. The van der Waals surface area contributed by atoms with Crippen LogP contribution in [-0.4, -0.2) is 30.6 Å². The summed E-state index contributed by atoms with van der Waals surface area (Å²) in [5.74, 6) is 0.467. The van der Waals surface area contributed by atoms with E-state index in [-0.39, 0.29) is 17.5 Å². The lowest BCUT2D eigenvalue weighted by atomic mass is 10.1. The smallest absolute Gasteiger partial charge is 0.240 e. The second-order valence-corrected chi connectivity index (χ2v) is 6.10. The van der Waals surface area contributed by atoms with Crippen LogP contribution in [0, 0.1) is 0 Å². The molecule has 0 saturated carbocycles. The predicted octanol–water partition coefficient (Wildman–Crippen LogP) is 0.564. The number of nitrogens with one attached hydrogen (secondary N) is 3. The SMILES string of the molecule is CNC(C)c1ccc(S(=O)(=O)NCc2ncn[nH]2)cc1. The standard InChI is InChI=1S/C12H17N5O2S/c1-9(13-2)10-3-5-11(6-4-10)20(18,19)16-7-12-14-8-15-17-12/h3-6,8-9,13,16H,7H2,1-2H3,(H,14,15,17). The van der Waals surface area contributed by atoms with Crippen LogP contribution in [-0.2, 0) is 16.6 Å². The number of H-pyrrole nitrogens is 1. The van der Waals surface area contributed by atoms with Crippen LogP contribution in [0.5, 0.6) is 0 Å². The normalized spacial score (nSPS) is 13.3. The first-order valence-electron chi connectivity index (χ1n) is 6.14. The zero-order valence-corrected chi connectivity index (χ0v) is 12.1. The summed E-state index contributed by atoms with van der Waals surface area (Å²) < 4.78 is 26.6. The van der Waals surface area contributed by atoms with Gasteiger partial charge in [-0.1, -0.05) is 12.1 Å². The summed E-state index contributed by atoms with van der Waals surface area (Å²) in [5.41, 5.74) is 1.03. The molecule has 0 aliphatic carbocycles. The highest BCUT2D eigenvalue weighted by Gasteiger charge is 2.14. The summed E-state index contributed by atoms with van der Waals surface area (Å²) in [7, 11) is -1.69. The monoisotopic (exact) mass is 295 g/mol. The van der Waals surface area contributed by atoms with Crippen molar-refractivity contribution in [3.05, 3.63) is 42.0 Å². The van der Waals surface area contributed by atoms with Gasteiger partial charge in [0.2, 0.25) is 10.0 Å². The predicted molar refractivity (Wildman–Crippen MR) is 74.3 cm³/mol. The number of benzene rings is 1. The maximum Gasteiger partial charge on any atom is 0.240 e. The molecule has 1 aromatic carbocycles. The van der Waals surface area contributed by atoms with Crippen molar-refractivity contribution >= 4 is 10.0 Å². The zero-order valence-electron chi connectivity index (χ0n) is 11.3. The average Bonchev–Trinajstić information content (AvgIpc) is 2.98. The lowest BCUT2D eigenvalue weighted by Crippen LogP contribution is -2.24. The highest BCUT2D eigenvalue weighted by atomic mass is 32.2. The van der Waals surface area contributed by atoms with Crippen LogP contribution in [0.15, 0.2) is 35.5 Å². The molecule has 0 saturated heterocycles. The van der Waals surface area contributed by atoms with E-state index in [1.54, 1.807) is 24.3 Å². The van der Waals surface area contributed by atoms with E-state index in [2.05, 4.69) is 25.2 Å². The first-order chi connectivity index (χ1) is 9.53. The second-order valence-electron chi connectivity index (χ2n) is 4.34. The molecule has 7 nitrogen and oxygen atoms in total. The van der Waals surface area contributed by atoms with Gasteiger partial charge in [0.05, 0.1) is 11.4 Å². The fraction of sp³-hybridized carbons (Fsp3) is 0.333. The number of aromatic nitrogens is 3. The Hall–Kier alpha value is -1.77. The van der Waals surface area contributed by atoms with Crippen molar-refractivity contribution in [1.82, 2.24) is 25.2 Å². The fourth-order valence-electron chi connectivity index (χ4n) is 1.67. The van der Waals surface area contributed by atoms with Crippen molar-refractivity contribution in [2.24, 2.45) is 0 Å². The fourth-order valence-corrected chi connectivity index (χ4v) is 2.65. The van der Waals surface area contributed by atoms with Crippen LogP contribution >= 0.6 is 0 Å². The molecule has 0 spiro atoms. The summed E-state index contributed by atoms with van der Waals surface area (Å²) in [5, 5.41) is 9.35. The van der Waals surface area contributed by atoms with E-state index in [0.717, 1.165) is 5.56 Å². The minimum atomic E-state index is -3.54. The van der Waals surface area contributed by atoms with Crippen molar-refractivity contribution in [2.75, 3.05) is 7.05 Å². The number of hydrogen-bond acceptors (Lipinski definition) is 5. The number of aromatic amines is 1. The Morgan fingerprint density at radius 3 is 2.55 bits per heavy atom. The minimum absolute atomic E-state index is 0.0804. The van der Waals surface area contributed by atoms with Crippen LogP contribution in [0.3, 0.4) is 0 Å². The molecule has 20 heavy (non-hydrogen) atoms. The molecule has 1 atom stereocenters. The van der Waals surface area contributed by atoms with Crippen LogP contribution in [0.4, 0.5) is 0 Å². The summed E-state index contributed by atoms with van der Waals surface area (Å²) in [6.45, 7) is 2.09. The van der Waals surface area contributed by atoms with E-state index >= 15 is 0 Å². The van der Waals surface area contributed by atoms with Gasteiger partial charge in [0, 0.05) is 6.04 Å². The molecule has 0 bridgehead atoms. The van der Waals surface area contributed by atoms with Gasteiger partial charge >= 0.3 is 0 Å². The molecule has 1 aromatic heterocycles. The lowest BCUT2D eigenvalue weighted by Gasteiger charge is -2.11. The van der Waals surface area contributed by atoms with Gasteiger partial charge in [0.1, 0.15) is 12.2 Å². The van der Waals surface area contributed by atoms with E-state index in [0.29, 0.717) is 5.82 Å².